The molecular formula is C3H5ClN4O2. The molecule has 0 aliphatic carbocycles. The second kappa shape index (κ2) is 3.67. The predicted molar refractivity (Wildman–Crippen MR) is 35.3 cm³/mol. The van der Waals surface area contributed by atoms with Gasteiger partial charge < -0.3 is 10.9 Å². The lowest BCUT2D eigenvalue weighted by Crippen LogP contribution is -1.90. The lowest BCUT2D eigenvalue weighted by atomic mass is 10.5. The third-order valence-corrected chi connectivity index (χ3v) is 0.721. The number of aromatic nitrogens is 2. The Balaban J connectivity index is 0.000000810. The van der Waals surface area contributed by atoms with Crippen molar-refractivity contribution in [2.75, 3.05) is 5.73 Å². The Morgan fingerprint density at radius 3 is 2.70 bits per heavy atom. The van der Waals surface area contributed by atoms with E-state index in [1.165, 1.54) is 0 Å². The maximum absolute atomic E-state index is 7.97. The van der Waals surface area contributed by atoms with Gasteiger partial charge in [0.1, 0.15) is 0 Å². The number of nitrogen functional groups attached to an aromatic ring is 1. The van der Waals surface area contributed by atoms with E-state index in [4.69, 9.17) is 10.9 Å². The molecule has 1 heterocycles. The van der Waals surface area contributed by atoms with E-state index >= 15 is 0 Å². The van der Waals surface area contributed by atoms with Crippen molar-refractivity contribution in [2.24, 2.45) is 5.16 Å². The first-order valence-corrected chi connectivity index (χ1v) is 2.10. The van der Waals surface area contributed by atoms with Gasteiger partial charge in [-0.05, 0) is 10.3 Å². The third-order valence-electron chi connectivity index (χ3n) is 0.721. The molecule has 3 N–H and O–H groups in total. The summed E-state index contributed by atoms with van der Waals surface area (Å²) in [4.78, 5) is 0. The summed E-state index contributed by atoms with van der Waals surface area (Å²) in [5.74, 6) is 0.104. The van der Waals surface area contributed by atoms with Crippen LogP contribution >= 0.6 is 12.4 Å². The van der Waals surface area contributed by atoms with Crippen molar-refractivity contribution in [2.45, 2.75) is 0 Å². The zero-order valence-corrected chi connectivity index (χ0v) is 5.58. The minimum absolute atomic E-state index is 0. The number of rotatable bonds is 1. The van der Waals surface area contributed by atoms with Gasteiger partial charge in [-0.25, -0.2) is 4.63 Å². The zero-order valence-electron chi connectivity index (χ0n) is 4.76. The molecule has 0 bridgehead atoms. The Bertz CT molecular complexity index is 222. The summed E-state index contributed by atoms with van der Waals surface area (Å²) < 4.78 is 4.17. The van der Waals surface area contributed by atoms with E-state index in [2.05, 4.69) is 20.1 Å². The number of halogens is 1. The van der Waals surface area contributed by atoms with Gasteiger partial charge >= 0.3 is 0 Å². The van der Waals surface area contributed by atoms with Crippen LogP contribution in [0.1, 0.15) is 5.69 Å². The molecule has 0 amide bonds. The smallest absolute Gasteiger partial charge is 0.197 e. The molecule has 0 unspecified atom stereocenters. The Kier molecular flexibility index (Phi) is 3.20. The minimum Gasteiger partial charge on any atom is -0.411 e. The molecule has 0 saturated carbocycles. The summed E-state index contributed by atoms with van der Waals surface area (Å²) >= 11 is 0. The highest BCUT2D eigenvalue weighted by atomic mass is 35.5. The number of oxime groups is 1. The number of nitrogens with zero attached hydrogens (tertiary/aromatic N) is 3. The van der Waals surface area contributed by atoms with Crippen LogP contribution in [-0.4, -0.2) is 21.7 Å². The summed E-state index contributed by atoms with van der Waals surface area (Å²) in [5, 5.41) is 17.1. The van der Waals surface area contributed by atoms with Crippen molar-refractivity contribution in [3.63, 3.8) is 0 Å². The van der Waals surface area contributed by atoms with E-state index in [0.717, 1.165) is 6.21 Å². The second-order valence-electron chi connectivity index (χ2n) is 1.28. The summed E-state index contributed by atoms with van der Waals surface area (Å²) in [6.45, 7) is 0. The predicted octanol–water partition coefficient (Wildman–Crippen LogP) is -0.118. The van der Waals surface area contributed by atoms with E-state index in [1.54, 1.807) is 0 Å². The first-order valence-electron chi connectivity index (χ1n) is 2.10. The summed E-state index contributed by atoms with van der Waals surface area (Å²) in [6, 6.07) is 0. The van der Waals surface area contributed by atoms with E-state index in [-0.39, 0.29) is 23.9 Å². The average molecular weight is 165 g/mol. The summed E-state index contributed by atoms with van der Waals surface area (Å²) in [6.07, 6.45) is 1.03. The molecular weight excluding hydrogens is 160 g/mol. The van der Waals surface area contributed by atoms with Crippen LogP contribution in [-0.2, 0) is 0 Å². The van der Waals surface area contributed by atoms with Gasteiger partial charge in [0, 0.05) is 0 Å². The Morgan fingerprint density at radius 1 is 1.60 bits per heavy atom. The monoisotopic (exact) mass is 164 g/mol. The van der Waals surface area contributed by atoms with Gasteiger partial charge in [-0.1, -0.05) is 5.16 Å². The van der Waals surface area contributed by atoms with Crippen LogP contribution in [0.25, 0.3) is 0 Å². The van der Waals surface area contributed by atoms with E-state index in [9.17, 15) is 0 Å². The molecule has 0 atom stereocenters. The molecule has 0 fully saturated rings. The van der Waals surface area contributed by atoms with Gasteiger partial charge in [-0.3, -0.25) is 0 Å². The van der Waals surface area contributed by atoms with Crippen molar-refractivity contribution < 1.29 is 9.84 Å². The molecule has 0 spiro atoms. The number of hydrogen-bond acceptors (Lipinski definition) is 6. The SMILES string of the molecule is Cl.Nc1nonc1C=NO. The van der Waals surface area contributed by atoms with Crippen LogP contribution < -0.4 is 5.73 Å². The Hall–Kier alpha value is -1.30. The Labute approximate surface area is 62.1 Å². The molecule has 10 heavy (non-hydrogen) atoms. The first-order chi connectivity index (χ1) is 4.34. The maximum Gasteiger partial charge on any atom is 0.197 e. The fourth-order valence-electron chi connectivity index (χ4n) is 0.346. The van der Waals surface area contributed by atoms with Crippen LogP contribution in [0.15, 0.2) is 9.78 Å². The van der Waals surface area contributed by atoms with Crippen LogP contribution in [0.4, 0.5) is 5.82 Å². The van der Waals surface area contributed by atoms with Gasteiger partial charge in [-0.2, -0.15) is 0 Å². The standard InChI is InChI=1S/C3H4N4O2.ClH/c4-3-2(1-5-8)6-9-7-3;/h1,8H,(H2,4,7);1H. The van der Waals surface area contributed by atoms with Gasteiger partial charge in [0.05, 0.1) is 6.21 Å². The molecule has 6 nitrogen and oxygen atoms in total. The number of hydrogen-bond donors (Lipinski definition) is 2. The van der Waals surface area contributed by atoms with Crippen molar-refractivity contribution in [1.29, 1.82) is 0 Å². The fraction of sp³-hybridized carbons (Fsp3) is 0. The molecule has 0 aliphatic heterocycles. The van der Waals surface area contributed by atoms with E-state index < -0.39 is 0 Å². The van der Waals surface area contributed by atoms with Crippen molar-refractivity contribution in [1.82, 2.24) is 10.3 Å². The zero-order chi connectivity index (χ0) is 6.69. The van der Waals surface area contributed by atoms with Crippen molar-refractivity contribution in [3.8, 4) is 0 Å². The highest BCUT2D eigenvalue weighted by Gasteiger charge is 2.00. The van der Waals surface area contributed by atoms with Gasteiger partial charge in [-0.15, -0.1) is 12.4 Å². The first kappa shape index (κ1) is 8.70. The van der Waals surface area contributed by atoms with Crippen LogP contribution in [0.5, 0.6) is 0 Å². The second-order valence-corrected chi connectivity index (χ2v) is 1.28. The van der Waals surface area contributed by atoms with Crippen LogP contribution in [0.2, 0.25) is 0 Å². The molecule has 0 aliphatic rings. The minimum atomic E-state index is 0. The highest BCUT2D eigenvalue weighted by molar-refractivity contribution is 5.85. The lowest BCUT2D eigenvalue weighted by Gasteiger charge is -1.76. The molecule has 56 valence electrons. The van der Waals surface area contributed by atoms with Gasteiger partial charge in [0.2, 0.25) is 0 Å². The third kappa shape index (κ3) is 1.59. The molecule has 0 aromatic carbocycles. The lowest BCUT2D eigenvalue weighted by molar-refractivity contribution is 0.306. The molecule has 1 aromatic heterocycles. The molecule has 1 rings (SSSR count). The highest BCUT2D eigenvalue weighted by Crippen LogP contribution is 1.98. The van der Waals surface area contributed by atoms with E-state index in [0.29, 0.717) is 0 Å². The quantitative estimate of drug-likeness (QED) is 0.343. The molecule has 0 saturated heterocycles. The normalized spacial score (nSPS) is 9.60. The topological polar surface area (TPSA) is 97.5 Å². The Morgan fingerprint density at radius 2 is 2.30 bits per heavy atom. The summed E-state index contributed by atoms with van der Waals surface area (Å²) in [7, 11) is 0. The molecule has 1 aromatic rings. The van der Waals surface area contributed by atoms with Gasteiger partial charge in [0.25, 0.3) is 0 Å². The number of nitrogens with two attached hydrogens (primary N) is 1. The maximum atomic E-state index is 7.97. The van der Waals surface area contributed by atoms with Crippen LogP contribution in [0, 0.1) is 0 Å². The average Bonchev–Trinajstić information content (AvgIpc) is 2.18. The molecule has 0 radical (unpaired) electrons. The van der Waals surface area contributed by atoms with Crippen molar-refractivity contribution >= 4 is 24.4 Å². The summed E-state index contributed by atoms with van der Waals surface area (Å²) in [5.41, 5.74) is 5.38. The fourth-order valence-corrected chi connectivity index (χ4v) is 0.346. The van der Waals surface area contributed by atoms with Gasteiger partial charge in [0.15, 0.2) is 11.5 Å². The van der Waals surface area contributed by atoms with E-state index in [1.807, 2.05) is 0 Å². The van der Waals surface area contributed by atoms with Crippen molar-refractivity contribution in [3.05, 3.63) is 5.69 Å². The number of anilines is 1. The largest absolute Gasteiger partial charge is 0.411 e. The molecule has 7 heteroatoms. The van der Waals surface area contributed by atoms with Crippen LogP contribution in [0.3, 0.4) is 0 Å².